The van der Waals surface area contributed by atoms with Crippen molar-refractivity contribution in [3.8, 4) is 11.5 Å². The van der Waals surface area contributed by atoms with Crippen LogP contribution in [0.3, 0.4) is 0 Å². The summed E-state index contributed by atoms with van der Waals surface area (Å²) in [6, 6.07) is 5.27. The minimum atomic E-state index is -0.116. The van der Waals surface area contributed by atoms with Gasteiger partial charge in [-0.15, -0.1) is 0 Å². The van der Waals surface area contributed by atoms with Gasteiger partial charge in [0, 0.05) is 25.1 Å². The summed E-state index contributed by atoms with van der Waals surface area (Å²) in [4.78, 5) is 26.9. The van der Waals surface area contributed by atoms with E-state index < -0.39 is 0 Å². The zero-order chi connectivity index (χ0) is 21.9. The number of carbonyl (C=O) groups is 2. The number of benzene rings is 1. The molecule has 1 aliphatic rings. The number of anilines is 1. The highest BCUT2D eigenvalue weighted by Crippen LogP contribution is 2.29. The van der Waals surface area contributed by atoms with Crippen LogP contribution in [-0.2, 0) is 14.3 Å². The lowest BCUT2D eigenvalue weighted by molar-refractivity contribution is -0.126. The number of rotatable bonds is 11. The Kier molecular flexibility index (Phi) is 9.89. The Balaban J connectivity index is 1.71. The molecule has 0 aromatic heterocycles. The Labute approximate surface area is 179 Å². The molecule has 1 aromatic carbocycles. The SMILES string of the molecule is COc1ccc(OC)c(NC(=O)CN2CCC(C(=O)NCCCOC(C)C)CC2)c1. The first-order chi connectivity index (χ1) is 14.4. The Morgan fingerprint density at radius 1 is 1.17 bits per heavy atom. The van der Waals surface area contributed by atoms with E-state index >= 15 is 0 Å². The van der Waals surface area contributed by atoms with Crippen LogP contribution in [0, 0.1) is 5.92 Å². The Hall–Kier alpha value is -2.32. The molecule has 0 aliphatic carbocycles. The lowest BCUT2D eigenvalue weighted by atomic mass is 9.96. The fraction of sp³-hybridized carbons (Fsp3) is 0.636. The van der Waals surface area contributed by atoms with E-state index in [2.05, 4.69) is 15.5 Å². The van der Waals surface area contributed by atoms with Crippen LogP contribution < -0.4 is 20.1 Å². The number of hydrogen-bond acceptors (Lipinski definition) is 6. The van der Waals surface area contributed by atoms with Gasteiger partial charge in [0.1, 0.15) is 11.5 Å². The van der Waals surface area contributed by atoms with Crippen LogP contribution in [0.15, 0.2) is 18.2 Å². The molecule has 8 nitrogen and oxygen atoms in total. The third-order valence-electron chi connectivity index (χ3n) is 5.08. The summed E-state index contributed by atoms with van der Waals surface area (Å²) in [5.74, 6) is 1.22. The monoisotopic (exact) mass is 421 g/mol. The summed E-state index contributed by atoms with van der Waals surface area (Å²) >= 11 is 0. The smallest absolute Gasteiger partial charge is 0.238 e. The molecular weight excluding hydrogens is 386 g/mol. The lowest BCUT2D eigenvalue weighted by Crippen LogP contribution is -2.43. The van der Waals surface area contributed by atoms with E-state index in [9.17, 15) is 9.59 Å². The largest absolute Gasteiger partial charge is 0.497 e. The maximum Gasteiger partial charge on any atom is 0.238 e. The molecule has 1 saturated heterocycles. The molecule has 0 atom stereocenters. The first-order valence-electron chi connectivity index (χ1n) is 10.6. The number of nitrogens with one attached hydrogen (secondary N) is 2. The van der Waals surface area contributed by atoms with E-state index in [-0.39, 0.29) is 30.4 Å². The van der Waals surface area contributed by atoms with E-state index in [0.717, 1.165) is 32.4 Å². The molecular formula is C22H35N3O5. The van der Waals surface area contributed by atoms with Gasteiger partial charge in [-0.3, -0.25) is 14.5 Å². The van der Waals surface area contributed by atoms with Gasteiger partial charge in [-0.25, -0.2) is 0 Å². The molecule has 168 valence electrons. The molecule has 1 aliphatic heterocycles. The summed E-state index contributed by atoms with van der Waals surface area (Å²) in [6.07, 6.45) is 2.54. The van der Waals surface area contributed by atoms with Gasteiger partial charge in [0.25, 0.3) is 0 Å². The number of methoxy groups -OCH3 is 2. The van der Waals surface area contributed by atoms with Crippen molar-refractivity contribution in [1.82, 2.24) is 10.2 Å². The highest BCUT2D eigenvalue weighted by atomic mass is 16.5. The van der Waals surface area contributed by atoms with E-state index in [1.807, 2.05) is 13.8 Å². The second-order valence-electron chi connectivity index (χ2n) is 7.73. The first kappa shape index (κ1) is 24.0. The molecule has 2 rings (SSSR count). The van der Waals surface area contributed by atoms with Gasteiger partial charge in [0.2, 0.25) is 11.8 Å². The van der Waals surface area contributed by atoms with Crippen molar-refractivity contribution < 1.29 is 23.8 Å². The highest BCUT2D eigenvalue weighted by Gasteiger charge is 2.25. The topological polar surface area (TPSA) is 89.1 Å². The normalized spacial score (nSPS) is 15.1. The molecule has 1 heterocycles. The third kappa shape index (κ3) is 7.84. The van der Waals surface area contributed by atoms with Crippen molar-refractivity contribution in [3.63, 3.8) is 0 Å². The van der Waals surface area contributed by atoms with Gasteiger partial charge < -0.3 is 24.8 Å². The second-order valence-corrected chi connectivity index (χ2v) is 7.73. The molecule has 2 amide bonds. The van der Waals surface area contributed by atoms with Gasteiger partial charge in [-0.2, -0.15) is 0 Å². The van der Waals surface area contributed by atoms with E-state index in [0.29, 0.717) is 30.3 Å². The highest BCUT2D eigenvalue weighted by molar-refractivity contribution is 5.94. The van der Waals surface area contributed by atoms with Crippen LogP contribution >= 0.6 is 0 Å². The quantitative estimate of drug-likeness (QED) is 0.533. The zero-order valence-corrected chi connectivity index (χ0v) is 18.5. The molecule has 1 aromatic rings. The fourth-order valence-electron chi connectivity index (χ4n) is 3.40. The predicted octanol–water partition coefficient (Wildman–Crippen LogP) is 2.29. The van der Waals surface area contributed by atoms with Gasteiger partial charge in [0.15, 0.2) is 0 Å². The number of nitrogens with zero attached hydrogens (tertiary/aromatic N) is 1. The Morgan fingerprint density at radius 2 is 1.90 bits per heavy atom. The summed E-state index contributed by atoms with van der Waals surface area (Å²) in [5, 5.41) is 5.88. The molecule has 30 heavy (non-hydrogen) atoms. The minimum absolute atomic E-state index is 0.00815. The predicted molar refractivity (Wildman–Crippen MR) is 116 cm³/mol. The standard InChI is InChI=1S/C22H35N3O5/c1-16(2)30-13-5-10-23-22(27)17-8-11-25(12-9-17)15-21(26)24-19-14-18(28-3)6-7-20(19)29-4/h6-7,14,16-17H,5,8-13,15H2,1-4H3,(H,23,27)(H,24,26). The van der Waals surface area contributed by atoms with E-state index in [1.165, 1.54) is 0 Å². The number of carbonyl (C=O) groups excluding carboxylic acids is 2. The third-order valence-corrected chi connectivity index (χ3v) is 5.08. The molecule has 0 spiro atoms. The Morgan fingerprint density at radius 3 is 2.53 bits per heavy atom. The molecule has 0 radical (unpaired) electrons. The van der Waals surface area contributed by atoms with Crippen LogP contribution in [0.5, 0.6) is 11.5 Å². The van der Waals surface area contributed by atoms with Gasteiger partial charge in [-0.1, -0.05) is 0 Å². The van der Waals surface area contributed by atoms with Gasteiger partial charge in [-0.05, 0) is 58.3 Å². The summed E-state index contributed by atoms with van der Waals surface area (Å²) in [7, 11) is 3.14. The van der Waals surface area contributed by atoms with Gasteiger partial charge >= 0.3 is 0 Å². The van der Waals surface area contributed by atoms with Crippen LogP contribution in [0.4, 0.5) is 5.69 Å². The Bertz CT molecular complexity index is 687. The molecule has 0 bridgehead atoms. The molecule has 1 fully saturated rings. The average Bonchev–Trinajstić information content (AvgIpc) is 2.73. The zero-order valence-electron chi connectivity index (χ0n) is 18.5. The maximum atomic E-state index is 12.5. The molecule has 8 heteroatoms. The molecule has 0 saturated carbocycles. The van der Waals surface area contributed by atoms with Crippen LogP contribution in [0.2, 0.25) is 0 Å². The van der Waals surface area contributed by atoms with E-state index in [4.69, 9.17) is 14.2 Å². The van der Waals surface area contributed by atoms with E-state index in [1.54, 1.807) is 32.4 Å². The van der Waals surface area contributed by atoms with Crippen LogP contribution in [-0.4, -0.2) is 69.8 Å². The fourth-order valence-corrected chi connectivity index (χ4v) is 3.40. The van der Waals surface area contributed by atoms with Crippen molar-refractivity contribution >= 4 is 17.5 Å². The van der Waals surface area contributed by atoms with Crippen LogP contribution in [0.1, 0.15) is 33.1 Å². The molecule has 2 N–H and O–H groups in total. The second kappa shape index (κ2) is 12.4. The number of amides is 2. The summed E-state index contributed by atoms with van der Waals surface area (Å²) in [5.41, 5.74) is 0.581. The van der Waals surface area contributed by atoms with Crippen molar-refractivity contribution in [3.05, 3.63) is 18.2 Å². The molecule has 0 unspecified atom stereocenters. The van der Waals surface area contributed by atoms with Crippen molar-refractivity contribution in [2.45, 2.75) is 39.2 Å². The lowest BCUT2D eigenvalue weighted by Gasteiger charge is -2.30. The number of likely N-dealkylation sites (tertiary alicyclic amines) is 1. The van der Waals surface area contributed by atoms with Crippen molar-refractivity contribution in [1.29, 1.82) is 0 Å². The number of piperidine rings is 1. The number of ether oxygens (including phenoxy) is 3. The minimum Gasteiger partial charge on any atom is -0.497 e. The van der Waals surface area contributed by atoms with Crippen LogP contribution in [0.25, 0.3) is 0 Å². The average molecular weight is 422 g/mol. The van der Waals surface area contributed by atoms with Crippen molar-refractivity contribution in [2.24, 2.45) is 5.92 Å². The first-order valence-corrected chi connectivity index (χ1v) is 10.6. The summed E-state index contributed by atoms with van der Waals surface area (Å²) < 4.78 is 16.0. The number of hydrogen-bond donors (Lipinski definition) is 2. The maximum absolute atomic E-state index is 12.5. The summed E-state index contributed by atoms with van der Waals surface area (Å²) in [6.45, 7) is 7.01. The van der Waals surface area contributed by atoms with Gasteiger partial charge in [0.05, 0.1) is 32.6 Å². The van der Waals surface area contributed by atoms with Crippen molar-refractivity contribution in [2.75, 3.05) is 52.3 Å².